The lowest BCUT2D eigenvalue weighted by Gasteiger charge is -2.13. The summed E-state index contributed by atoms with van der Waals surface area (Å²) in [5, 5.41) is 0.371. The predicted octanol–water partition coefficient (Wildman–Crippen LogP) is 3.60. The zero-order chi connectivity index (χ0) is 11.7. The number of halogens is 1. The molecule has 2 nitrogen and oxygen atoms in total. The van der Waals surface area contributed by atoms with Crippen LogP contribution in [0.5, 0.6) is 0 Å². The van der Waals surface area contributed by atoms with Gasteiger partial charge < -0.3 is 10.2 Å². The van der Waals surface area contributed by atoms with Gasteiger partial charge in [0.05, 0.1) is 6.04 Å². The first kappa shape index (κ1) is 11.2. The number of rotatable bonds is 2. The second-order valence-corrected chi connectivity index (χ2v) is 4.28. The summed E-state index contributed by atoms with van der Waals surface area (Å²) in [6.45, 7) is 4.13. The first-order chi connectivity index (χ1) is 7.59. The number of benzene rings is 1. The van der Waals surface area contributed by atoms with Crippen LogP contribution in [0.4, 0.5) is 0 Å². The van der Waals surface area contributed by atoms with Gasteiger partial charge in [-0.25, -0.2) is 0 Å². The number of hydrogen-bond donors (Lipinski definition) is 1. The molecule has 1 atom stereocenters. The summed E-state index contributed by atoms with van der Waals surface area (Å²) in [6, 6.07) is 9.36. The molecule has 3 heteroatoms. The van der Waals surface area contributed by atoms with Crippen LogP contribution in [0.3, 0.4) is 0 Å². The molecule has 1 aromatic carbocycles. The van der Waals surface area contributed by atoms with Gasteiger partial charge in [0.25, 0.3) is 0 Å². The highest BCUT2D eigenvalue weighted by Gasteiger charge is 2.15. The first-order valence-corrected chi connectivity index (χ1v) is 5.54. The van der Waals surface area contributed by atoms with Crippen molar-refractivity contribution in [3.63, 3.8) is 0 Å². The van der Waals surface area contributed by atoms with Gasteiger partial charge in [0, 0.05) is 0 Å². The van der Waals surface area contributed by atoms with Crippen molar-refractivity contribution in [2.24, 2.45) is 5.73 Å². The Morgan fingerprint density at radius 2 is 1.94 bits per heavy atom. The molecule has 0 bridgehead atoms. The Morgan fingerprint density at radius 1 is 1.19 bits per heavy atom. The van der Waals surface area contributed by atoms with Crippen LogP contribution >= 0.6 is 11.6 Å². The van der Waals surface area contributed by atoms with Gasteiger partial charge >= 0.3 is 0 Å². The molecule has 1 unspecified atom stereocenters. The Kier molecular flexibility index (Phi) is 3.03. The summed E-state index contributed by atoms with van der Waals surface area (Å²) >= 11 is 5.74. The molecule has 0 aliphatic carbocycles. The van der Waals surface area contributed by atoms with Crippen LogP contribution in [0.2, 0.25) is 5.22 Å². The van der Waals surface area contributed by atoms with Gasteiger partial charge in [-0.05, 0) is 54.3 Å². The lowest BCUT2D eigenvalue weighted by molar-refractivity contribution is 0.491. The zero-order valence-electron chi connectivity index (χ0n) is 9.33. The van der Waals surface area contributed by atoms with E-state index in [0.717, 1.165) is 5.56 Å². The quantitative estimate of drug-likeness (QED) is 0.864. The predicted molar refractivity (Wildman–Crippen MR) is 65.7 cm³/mol. The molecular formula is C13H14ClNO. The van der Waals surface area contributed by atoms with Crippen molar-refractivity contribution in [1.82, 2.24) is 0 Å². The van der Waals surface area contributed by atoms with Crippen molar-refractivity contribution in [3.05, 3.63) is 58.0 Å². The Morgan fingerprint density at radius 3 is 2.56 bits per heavy atom. The average Bonchev–Trinajstić information content (AvgIpc) is 2.68. The highest BCUT2D eigenvalue weighted by atomic mass is 35.5. The Labute approximate surface area is 100 Å². The maximum Gasteiger partial charge on any atom is 0.193 e. The topological polar surface area (TPSA) is 39.2 Å². The highest BCUT2D eigenvalue weighted by molar-refractivity contribution is 6.28. The summed E-state index contributed by atoms with van der Waals surface area (Å²) in [6.07, 6.45) is 0. The Hall–Kier alpha value is -1.25. The maximum absolute atomic E-state index is 6.15. The molecule has 2 N–H and O–H groups in total. The molecule has 0 spiro atoms. The Balaban J connectivity index is 2.41. The molecule has 0 saturated carbocycles. The molecule has 1 aromatic heterocycles. The average molecular weight is 236 g/mol. The zero-order valence-corrected chi connectivity index (χ0v) is 10.1. The Bertz CT molecular complexity index is 504. The minimum Gasteiger partial charge on any atom is -0.448 e. The normalized spacial score (nSPS) is 12.8. The highest BCUT2D eigenvalue weighted by Crippen LogP contribution is 2.27. The number of hydrogen-bond acceptors (Lipinski definition) is 2. The second-order valence-electron chi connectivity index (χ2n) is 3.91. The molecule has 1 heterocycles. The van der Waals surface area contributed by atoms with Gasteiger partial charge in [-0.2, -0.15) is 0 Å². The van der Waals surface area contributed by atoms with Crippen molar-refractivity contribution >= 4 is 11.6 Å². The van der Waals surface area contributed by atoms with Crippen molar-refractivity contribution in [1.29, 1.82) is 0 Å². The molecule has 0 saturated heterocycles. The molecule has 0 aliphatic rings. The molecule has 16 heavy (non-hydrogen) atoms. The van der Waals surface area contributed by atoms with E-state index in [2.05, 4.69) is 19.9 Å². The molecule has 2 aromatic rings. The van der Waals surface area contributed by atoms with Gasteiger partial charge in [-0.1, -0.05) is 18.2 Å². The van der Waals surface area contributed by atoms with Crippen LogP contribution in [-0.2, 0) is 0 Å². The van der Waals surface area contributed by atoms with E-state index in [1.807, 2.05) is 18.2 Å². The molecule has 0 radical (unpaired) electrons. The number of nitrogens with two attached hydrogens (primary N) is 1. The van der Waals surface area contributed by atoms with Crippen LogP contribution in [-0.4, -0.2) is 0 Å². The van der Waals surface area contributed by atoms with Gasteiger partial charge in [0.2, 0.25) is 0 Å². The van der Waals surface area contributed by atoms with Crippen LogP contribution < -0.4 is 5.73 Å². The van der Waals surface area contributed by atoms with Gasteiger partial charge in [0.15, 0.2) is 5.22 Å². The lowest BCUT2D eigenvalue weighted by Crippen LogP contribution is -2.12. The third-order valence-corrected chi connectivity index (χ3v) is 3.09. The fraction of sp³-hybridized carbons (Fsp3) is 0.231. The van der Waals surface area contributed by atoms with Crippen LogP contribution in [0, 0.1) is 13.8 Å². The second kappa shape index (κ2) is 4.32. The third-order valence-electron chi connectivity index (χ3n) is 2.88. The van der Waals surface area contributed by atoms with E-state index in [9.17, 15) is 0 Å². The first-order valence-electron chi connectivity index (χ1n) is 5.16. The van der Waals surface area contributed by atoms with Crippen LogP contribution in [0.1, 0.15) is 28.5 Å². The van der Waals surface area contributed by atoms with E-state index < -0.39 is 0 Å². The molecule has 0 aliphatic heterocycles. The number of aryl methyl sites for hydroxylation is 1. The lowest BCUT2D eigenvalue weighted by atomic mass is 9.97. The summed E-state index contributed by atoms with van der Waals surface area (Å²) in [4.78, 5) is 0. The van der Waals surface area contributed by atoms with E-state index in [4.69, 9.17) is 21.8 Å². The van der Waals surface area contributed by atoms with Crippen LogP contribution in [0.15, 0.2) is 34.7 Å². The SMILES string of the molecule is Cc1cccc(C(N)c2ccc(Cl)o2)c1C. The largest absolute Gasteiger partial charge is 0.448 e. The van der Waals surface area contributed by atoms with Crippen molar-refractivity contribution in [2.45, 2.75) is 19.9 Å². The summed E-state index contributed by atoms with van der Waals surface area (Å²) in [5.41, 5.74) is 9.65. The maximum atomic E-state index is 6.15. The van der Waals surface area contributed by atoms with E-state index in [1.54, 1.807) is 6.07 Å². The summed E-state index contributed by atoms with van der Waals surface area (Å²) < 4.78 is 5.33. The molecule has 2 rings (SSSR count). The number of furan rings is 1. The molecule has 0 fully saturated rings. The van der Waals surface area contributed by atoms with Crippen molar-refractivity contribution in [2.75, 3.05) is 0 Å². The van der Waals surface area contributed by atoms with Crippen molar-refractivity contribution < 1.29 is 4.42 Å². The molecule has 84 valence electrons. The monoisotopic (exact) mass is 235 g/mol. The fourth-order valence-electron chi connectivity index (χ4n) is 1.76. The van der Waals surface area contributed by atoms with Crippen LogP contribution in [0.25, 0.3) is 0 Å². The van der Waals surface area contributed by atoms with Crippen molar-refractivity contribution in [3.8, 4) is 0 Å². The van der Waals surface area contributed by atoms with E-state index in [1.165, 1.54) is 11.1 Å². The minimum atomic E-state index is -0.257. The van der Waals surface area contributed by atoms with E-state index >= 15 is 0 Å². The van der Waals surface area contributed by atoms with E-state index in [0.29, 0.717) is 11.0 Å². The smallest absolute Gasteiger partial charge is 0.193 e. The van der Waals surface area contributed by atoms with E-state index in [-0.39, 0.29) is 6.04 Å². The molecule has 0 amide bonds. The molecular weight excluding hydrogens is 222 g/mol. The third kappa shape index (κ3) is 1.99. The minimum absolute atomic E-state index is 0.257. The standard InChI is InChI=1S/C13H14ClNO/c1-8-4-3-5-10(9(8)2)13(15)11-6-7-12(14)16-11/h3-7,13H,15H2,1-2H3. The van der Waals surface area contributed by atoms with Gasteiger partial charge in [-0.3, -0.25) is 0 Å². The fourth-order valence-corrected chi connectivity index (χ4v) is 1.91. The van der Waals surface area contributed by atoms with Gasteiger partial charge in [0.1, 0.15) is 5.76 Å². The summed E-state index contributed by atoms with van der Waals surface area (Å²) in [5.74, 6) is 0.693. The summed E-state index contributed by atoms with van der Waals surface area (Å²) in [7, 11) is 0. The van der Waals surface area contributed by atoms with Gasteiger partial charge in [-0.15, -0.1) is 0 Å².